The van der Waals surface area contributed by atoms with Gasteiger partial charge in [0.2, 0.25) is 0 Å². The van der Waals surface area contributed by atoms with E-state index in [1.807, 2.05) is 0 Å². The van der Waals surface area contributed by atoms with Gasteiger partial charge in [0.25, 0.3) is 0 Å². The summed E-state index contributed by atoms with van der Waals surface area (Å²) in [6.45, 7) is 1.56. The Bertz CT molecular complexity index is 352. The van der Waals surface area contributed by atoms with Crippen LogP contribution in [0.4, 0.5) is 4.39 Å². The molecule has 1 unspecified atom stereocenters. The van der Waals surface area contributed by atoms with Gasteiger partial charge < -0.3 is 5.11 Å². The SMILES string of the molecule is CC(Cc1cccc(Br)c1F)C(=O)O. The van der Waals surface area contributed by atoms with Crippen LogP contribution in [-0.4, -0.2) is 11.1 Å². The molecule has 0 bridgehead atoms. The van der Waals surface area contributed by atoms with E-state index in [2.05, 4.69) is 15.9 Å². The quantitative estimate of drug-likeness (QED) is 0.908. The maximum absolute atomic E-state index is 13.4. The van der Waals surface area contributed by atoms with Gasteiger partial charge in [0.1, 0.15) is 5.82 Å². The molecule has 2 nitrogen and oxygen atoms in total. The molecule has 0 aliphatic rings. The van der Waals surface area contributed by atoms with E-state index in [1.54, 1.807) is 25.1 Å². The lowest BCUT2D eigenvalue weighted by Crippen LogP contribution is -2.13. The largest absolute Gasteiger partial charge is 0.481 e. The van der Waals surface area contributed by atoms with Gasteiger partial charge in [-0.1, -0.05) is 19.1 Å². The molecular weight excluding hydrogens is 251 g/mol. The summed E-state index contributed by atoms with van der Waals surface area (Å²) in [6.07, 6.45) is 0.209. The molecule has 0 radical (unpaired) electrons. The molecule has 0 heterocycles. The van der Waals surface area contributed by atoms with Crippen LogP contribution in [0.2, 0.25) is 0 Å². The van der Waals surface area contributed by atoms with Crippen molar-refractivity contribution in [1.29, 1.82) is 0 Å². The zero-order valence-corrected chi connectivity index (χ0v) is 9.21. The maximum atomic E-state index is 13.4. The molecule has 0 fully saturated rings. The van der Waals surface area contributed by atoms with Crippen LogP contribution in [0.3, 0.4) is 0 Å². The van der Waals surface area contributed by atoms with Gasteiger partial charge in [-0.3, -0.25) is 4.79 Å². The standard InChI is InChI=1S/C10H10BrFO2/c1-6(10(13)14)5-7-3-2-4-8(11)9(7)12/h2-4,6H,5H2,1H3,(H,13,14). The van der Waals surface area contributed by atoms with Gasteiger partial charge >= 0.3 is 5.97 Å². The number of carboxylic acids is 1. The van der Waals surface area contributed by atoms with Crippen LogP contribution in [0, 0.1) is 11.7 Å². The zero-order valence-electron chi connectivity index (χ0n) is 7.63. The topological polar surface area (TPSA) is 37.3 Å². The first-order valence-corrected chi connectivity index (χ1v) is 4.97. The molecule has 1 aromatic carbocycles. The predicted octanol–water partition coefficient (Wildman–Crippen LogP) is 2.85. The molecule has 0 aromatic heterocycles. The predicted molar refractivity (Wildman–Crippen MR) is 54.6 cm³/mol. The second-order valence-electron chi connectivity index (χ2n) is 3.16. The highest BCUT2D eigenvalue weighted by molar-refractivity contribution is 9.10. The van der Waals surface area contributed by atoms with Gasteiger partial charge in [-0.2, -0.15) is 0 Å². The fraction of sp³-hybridized carbons (Fsp3) is 0.300. The van der Waals surface area contributed by atoms with E-state index in [4.69, 9.17) is 5.11 Å². The molecule has 1 rings (SSSR count). The highest BCUT2D eigenvalue weighted by Gasteiger charge is 2.15. The van der Waals surface area contributed by atoms with Crippen LogP contribution in [0.25, 0.3) is 0 Å². The first-order chi connectivity index (χ1) is 6.52. The zero-order chi connectivity index (χ0) is 10.7. The lowest BCUT2D eigenvalue weighted by Gasteiger charge is -2.07. The second-order valence-corrected chi connectivity index (χ2v) is 4.01. The second kappa shape index (κ2) is 4.55. The Hall–Kier alpha value is -0.900. The van der Waals surface area contributed by atoms with Gasteiger partial charge in [0.15, 0.2) is 0 Å². The summed E-state index contributed by atoms with van der Waals surface area (Å²) in [5.41, 5.74) is 0.425. The molecule has 0 saturated heterocycles. The molecule has 0 spiro atoms. The van der Waals surface area contributed by atoms with Crippen molar-refractivity contribution in [3.63, 3.8) is 0 Å². The average Bonchev–Trinajstić information content (AvgIpc) is 2.12. The molecule has 76 valence electrons. The summed E-state index contributed by atoms with van der Waals surface area (Å²) in [6, 6.07) is 4.88. The molecule has 14 heavy (non-hydrogen) atoms. The van der Waals surface area contributed by atoms with Crippen LogP contribution < -0.4 is 0 Å². The third-order valence-corrected chi connectivity index (χ3v) is 2.59. The number of rotatable bonds is 3. The van der Waals surface area contributed by atoms with Crippen molar-refractivity contribution >= 4 is 21.9 Å². The summed E-state index contributed by atoms with van der Waals surface area (Å²) in [4.78, 5) is 10.6. The summed E-state index contributed by atoms with van der Waals surface area (Å²) >= 11 is 3.05. The maximum Gasteiger partial charge on any atom is 0.306 e. The molecule has 4 heteroatoms. The number of carbonyl (C=O) groups is 1. The lowest BCUT2D eigenvalue weighted by atomic mass is 10.0. The van der Waals surface area contributed by atoms with E-state index in [1.165, 1.54) is 0 Å². The Morgan fingerprint density at radius 2 is 2.29 bits per heavy atom. The van der Waals surface area contributed by atoms with Crippen molar-refractivity contribution < 1.29 is 14.3 Å². The molecular formula is C10H10BrFO2. The van der Waals surface area contributed by atoms with Crippen LogP contribution in [-0.2, 0) is 11.2 Å². The van der Waals surface area contributed by atoms with E-state index in [-0.39, 0.29) is 12.2 Å². The van der Waals surface area contributed by atoms with E-state index >= 15 is 0 Å². The first-order valence-electron chi connectivity index (χ1n) is 4.18. The van der Waals surface area contributed by atoms with Crippen molar-refractivity contribution in [3.8, 4) is 0 Å². The average molecular weight is 261 g/mol. The Morgan fingerprint density at radius 3 is 2.86 bits per heavy atom. The van der Waals surface area contributed by atoms with Gasteiger partial charge in [0, 0.05) is 0 Å². The number of carboxylic acid groups (broad SMARTS) is 1. The molecule has 0 aliphatic carbocycles. The van der Waals surface area contributed by atoms with Gasteiger partial charge in [-0.05, 0) is 34.0 Å². The van der Waals surface area contributed by atoms with E-state index in [9.17, 15) is 9.18 Å². The number of benzene rings is 1. The minimum atomic E-state index is -0.913. The molecule has 1 N–H and O–H groups in total. The first kappa shape index (κ1) is 11.2. The minimum Gasteiger partial charge on any atom is -0.481 e. The molecule has 0 saturated carbocycles. The smallest absolute Gasteiger partial charge is 0.306 e. The summed E-state index contributed by atoms with van der Waals surface area (Å²) in [7, 11) is 0. The molecule has 0 aliphatic heterocycles. The van der Waals surface area contributed by atoms with Crippen LogP contribution >= 0.6 is 15.9 Å². The third kappa shape index (κ3) is 2.54. The Kier molecular flexibility index (Phi) is 3.63. The Morgan fingerprint density at radius 1 is 1.64 bits per heavy atom. The van der Waals surface area contributed by atoms with Crippen LogP contribution in [0.5, 0.6) is 0 Å². The van der Waals surface area contributed by atoms with E-state index in [0.29, 0.717) is 10.0 Å². The normalized spacial score (nSPS) is 12.5. The summed E-state index contributed by atoms with van der Waals surface area (Å²) in [5, 5.41) is 8.67. The monoisotopic (exact) mass is 260 g/mol. The minimum absolute atomic E-state index is 0.209. The molecule has 1 aromatic rings. The molecule has 1 atom stereocenters. The van der Waals surface area contributed by atoms with Crippen molar-refractivity contribution in [2.24, 2.45) is 5.92 Å². The van der Waals surface area contributed by atoms with E-state index < -0.39 is 11.9 Å². The fourth-order valence-electron chi connectivity index (χ4n) is 1.12. The van der Waals surface area contributed by atoms with E-state index in [0.717, 1.165) is 0 Å². The van der Waals surface area contributed by atoms with Gasteiger partial charge in [-0.15, -0.1) is 0 Å². The lowest BCUT2D eigenvalue weighted by molar-refractivity contribution is -0.141. The number of hydrogen-bond donors (Lipinski definition) is 1. The summed E-state index contributed by atoms with van der Waals surface area (Å²) < 4.78 is 13.8. The fourth-order valence-corrected chi connectivity index (χ4v) is 1.53. The van der Waals surface area contributed by atoms with Crippen molar-refractivity contribution in [1.82, 2.24) is 0 Å². The van der Waals surface area contributed by atoms with Gasteiger partial charge in [0.05, 0.1) is 10.4 Å². The third-order valence-electron chi connectivity index (χ3n) is 1.98. The van der Waals surface area contributed by atoms with Crippen molar-refractivity contribution in [2.45, 2.75) is 13.3 Å². The van der Waals surface area contributed by atoms with Crippen LogP contribution in [0.1, 0.15) is 12.5 Å². The summed E-state index contributed by atoms with van der Waals surface area (Å²) in [5.74, 6) is -1.86. The van der Waals surface area contributed by atoms with Crippen molar-refractivity contribution in [2.75, 3.05) is 0 Å². The van der Waals surface area contributed by atoms with Gasteiger partial charge in [-0.25, -0.2) is 4.39 Å². The molecule has 0 amide bonds. The Labute approximate surface area is 89.9 Å². The number of aliphatic carboxylic acids is 1. The highest BCUT2D eigenvalue weighted by Crippen LogP contribution is 2.20. The number of hydrogen-bond acceptors (Lipinski definition) is 1. The highest BCUT2D eigenvalue weighted by atomic mass is 79.9. The van der Waals surface area contributed by atoms with Crippen molar-refractivity contribution in [3.05, 3.63) is 34.1 Å². The number of halogens is 2. The van der Waals surface area contributed by atoms with Crippen LogP contribution in [0.15, 0.2) is 22.7 Å². The Balaban J connectivity index is 2.87.